The predicted octanol–water partition coefficient (Wildman–Crippen LogP) is 3.40. The third-order valence-electron chi connectivity index (χ3n) is 6.85. The lowest BCUT2D eigenvalue weighted by atomic mass is 9.68. The molecule has 0 saturated carbocycles. The molecule has 2 radical (unpaired) electrons. The molecule has 0 fully saturated rings. The fourth-order valence-corrected chi connectivity index (χ4v) is 4.83. The number of methoxy groups -OCH3 is 1. The molecule has 0 bridgehead atoms. The number of anilines is 1. The molecule has 12 nitrogen and oxygen atoms in total. The van der Waals surface area contributed by atoms with E-state index in [-0.39, 0.29) is 39.0 Å². The van der Waals surface area contributed by atoms with E-state index in [0.29, 0.717) is 6.29 Å². The van der Waals surface area contributed by atoms with Gasteiger partial charge < -0.3 is 45.6 Å². The first kappa shape index (κ1) is 34.4. The summed E-state index contributed by atoms with van der Waals surface area (Å²) < 4.78 is 5.52. The first-order valence-corrected chi connectivity index (χ1v) is 13.5. The number of nitrogens with one attached hydrogen (secondary N) is 1. The van der Waals surface area contributed by atoms with Crippen LogP contribution in [0, 0.1) is 6.92 Å². The first-order valence-electron chi connectivity index (χ1n) is 13.1. The molecule has 2 atom stereocenters. The quantitative estimate of drug-likeness (QED) is 0.0238. The number of phenolic OH excluding ortho intramolecular Hbond substituents is 5. The van der Waals surface area contributed by atoms with Gasteiger partial charge in [0.1, 0.15) is 25.9 Å². The summed E-state index contributed by atoms with van der Waals surface area (Å²) in [6.45, 7) is 3.12. The standard InChI is InChI=1S/C31H30BClN2O10/c1-15-5-8-18(9-6-15)34-30(43)29(31(32,44)23-24(38)26(40)28(42)27(41)25(23)39)35(3)14-22(45-4)20(11-12-36)21-13-17(33)7-10-19(21)16(2)37/h5-14,29,38-42,44H,1-4H3,(H,34,43)/b20-11-,22-14+. The van der Waals surface area contributed by atoms with E-state index in [2.05, 4.69) is 5.32 Å². The van der Waals surface area contributed by atoms with Crippen molar-refractivity contribution in [3.8, 4) is 28.7 Å². The highest BCUT2D eigenvalue weighted by Gasteiger charge is 2.46. The second-order valence-corrected chi connectivity index (χ2v) is 10.5. The second kappa shape index (κ2) is 13.7. The van der Waals surface area contributed by atoms with E-state index < -0.39 is 51.8 Å². The minimum absolute atomic E-state index is 0.0379. The van der Waals surface area contributed by atoms with E-state index in [9.17, 15) is 45.0 Å². The van der Waals surface area contributed by atoms with Crippen molar-refractivity contribution in [2.45, 2.75) is 25.4 Å². The molecular formula is C31H30BClN2O10. The number of phenols is 5. The molecule has 0 aliphatic heterocycles. The van der Waals surface area contributed by atoms with Gasteiger partial charge in [-0.3, -0.25) is 14.4 Å². The third-order valence-corrected chi connectivity index (χ3v) is 7.09. The van der Waals surface area contributed by atoms with Crippen LogP contribution in [-0.2, 0) is 19.8 Å². The largest absolute Gasteiger partial charge is 0.504 e. The summed E-state index contributed by atoms with van der Waals surface area (Å²) in [5, 5.41) is 65.8. The van der Waals surface area contributed by atoms with Crippen LogP contribution in [0.3, 0.4) is 0 Å². The average Bonchev–Trinajstić information content (AvgIpc) is 2.97. The number of aryl methyl sites for hydroxylation is 1. The molecule has 3 aromatic rings. The molecule has 234 valence electrons. The van der Waals surface area contributed by atoms with Gasteiger partial charge in [-0.25, -0.2) is 0 Å². The molecule has 0 spiro atoms. The molecule has 0 heterocycles. The number of allylic oxidation sites excluding steroid dienone is 2. The van der Waals surface area contributed by atoms with Gasteiger partial charge in [0.05, 0.1) is 18.2 Å². The van der Waals surface area contributed by atoms with Crippen LogP contribution in [0.5, 0.6) is 28.7 Å². The Bertz CT molecular complexity index is 1670. The van der Waals surface area contributed by atoms with E-state index in [1.54, 1.807) is 24.3 Å². The maximum absolute atomic E-state index is 13.8. The van der Waals surface area contributed by atoms with Gasteiger partial charge in [-0.2, -0.15) is 0 Å². The molecule has 2 unspecified atom stereocenters. The Morgan fingerprint density at radius 2 is 1.53 bits per heavy atom. The number of aldehydes is 1. The van der Waals surface area contributed by atoms with Gasteiger partial charge in [0.15, 0.2) is 17.3 Å². The van der Waals surface area contributed by atoms with Crippen LogP contribution in [0.1, 0.15) is 34.0 Å². The summed E-state index contributed by atoms with van der Waals surface area (Å²) in [5.74, 6) is -8.20. The van der Waals surface area contributed by atoms with Crippen LogP contribution in [-0.4, -0.2) is 81.6 Å². The lowest BCUT2D eigenvalue weighted by Crippen LogP contribution is -2.55. The fraction of sp³-hybridized carbons (Fsp3) is 0.194. The molecule has 0 aliphatic rings. The van der Waals surface area contributed by atoms with Crippen molar-refractivity contribution in [3.05, 3.63) is 87.8 Å². The summed E-state index contributed by atoms with van der Waals surface area (Å²) in [6.07, 6.45) is 2.63. The maximum Gasteiger partial charge on any atom is 0.249 e. The minimum atomic E-state index is -3.13. The number of amides is 1. The minimum Gasteiger partial charge on any atom is -0.504 e. The molecule has 3 aromatic carbocycles. The van der Waals surface area contributed by atoms with E-state index in [0.717, 1.165) is 22.7 Å². The number of likely N-dealkylation sites (N-methyl/N-ethyl adjacent to an activating group) is 1. The zero-order valence-electron chi connectivity index (χ0n) is 24.6. The number of rotatable bonds is 11. The van der Waals surface area contributed by atoms with Crippen LogP contribution in [0.4, 0.5) is 5.69 Å². The van der Waals surface area contributed by atoms with Gasteiger partial charge >= 0.3 is 0 Å². The lowest BCUT2D eigenvalue weighted by Gasteiger charge is -2.39. The third kappa shape index (κ3) is 7.00. The summed E-state index contributed by atoms with van der Waals surface area (Å²) in [5.41, 5.74) is -2.72. The monoisotopic (exact) mass is 636 g/mol. The molecule has 1 amide bonds. The molecule has 0 saturated heterocycles. The number of Topliss-reactive ketones (excluding diaryl/α,β-unsaturated/α-hetero) is 1. The van der Waals surface area contributed by atoms with Gasteiger partial charge in [-0.1, -0.05) is 29.3 Å². The molecule has 45 heavy (non-hydrogen) atoms. The van der Waals surface area contributed by atoms with Crippen molar-refractivity contribution in [2.24, 2.45) is 0 Å². The molecule has 14 heteroatoms. The van der Waals surface area contributed by atoms with Crippen molar-refractivity contribution >= 4 is 48.7 Å². The second-order valence-electron chi connectivity index (χ2n) is 10.0. The summed E-state index contributed by atoms with van der Waals surface area (Å²) >= 11 is 6.19. The first-order chi connectivity index (χ1) is 21.1. The van der Waals surface area contributed by atoms with Crippen LogP contribution >= 0.6 is 11.6 Å². The molecule has 3 rings (SSSR count). The SMILES string of the molecule is [B]C(O)(c1c(O)c(O)c(O)c(O)c1O)C(C(=O)Nc1ccc(C)cc1)N(C)/C=C(OC)\C(=C/C=O)c1cc(Cl)ccc1C(C)=O. The summed E-state index contributed by atoms with van der Waals surface area (Å²) in [6, 6.07) is 8.80. The van der Waals surface area contributed by atoms with Gasteiger partial charge in [0.2, 0.25) is 23.2 Å². The Morgan fingerprint density at radius 1 is 0.978 bits per heavy atom. The Labute approximate surface area is 264 Å². The zero-order chi connectivity index (χ0) is 33.8. The fourth-order valence-electron chi connectivity index (χ4n) is 4.65. The average molecular weight is 637 g/mol. The van der Waals surface area contributed by atoms with Crippen LogP contribution in [0.15, 0.2) is 60.5 Å². The number of aliphatic hydroxyl groups is 1. The Morgan fingerprint density at radius 3 is 2.04 bits per heavy atom. The topological polar surface area (TPSA) is 197 Å². The van der Waals surface area contributed by atoms with Gasteiger partial charge in [-0.05, 0) is 55.8 Å². The lowest BCUT2D eigenvalue weighted by molar-refractivity contribution is -0.125. The van der Waals surface area contributed by atoms with Gasteiger partial charge in [-0.15, -0.1) is 0 Å². The number of benzene rings is 3. The van der Waals surface area contributed by atoms with Gasteiger partial charge in [0, 0.05) is 35.1 Å². The maximum atomic E-state index is 13.8. The Kier molecular flexibility index (Phi) is 10.4. The highest BCUT2D eigenvalue weighted by Crippen LogP contribution is 2.54. The Hall–Kier alpha value is -5.14. The predicted molar refractivity (Wildman–Crippen MR) is 166 cm³/mol. The zero-order valence-corrected chi connectivity index (χ0v) is 25.3. The summed E-state index contributed by atoms with van der Waals surface area (Å²) in [4.78, 5) is 38.9. The van der Waals surface area contributed by atoms with E-state index in [1.165, 1.54) is 39.3 Å². The molecular weight excluding hydrogens is 607 g/mol. The number of aromatic hydroxyl groups is 5. The molecule has 0 aromatic heterocycles. The number of ketones is 1. The van der Waals surface area contributed by atoms with E-state index >= 15 is 0 Å². The van der Waals surface area contributed by atoms with Crippen LogP contribution in [0.25, 0.3) is 5.57 Å². The van der Waals surface area contributed by atoms with E-state index in [4.69, 9.17) is 24.2 Å². The number of carbonyl (C=O) groups excluding carboxylic acids is 3. The van der Waals surface area contributed by atoms with Crippen molar-refractivity contribution in [1.29, 1.82) is 0 Å². The van der Waals surface area contributed by atoms with E-state index in [1.807, 2.05) is 6.92 Å². The number of hydrogen-bond acceptors (Lipinski definition) is 11. The van der Waals surface area contributed by atoms with Crippen molar-refractivity contribution < 1.29 is 49.8 Å². The highest BCUT2D eigenvalue weighted by molar-refractivity contribution is 6.31. The summed E-state index contributed by atoms with van der Waals surface area (Å²) in [7, 11) is 8.69. The van der Waals surface area contributed by atoms with Crippen molar-refractivity contribution in [3.63, 3.8) is 0 Å². The van der Waals surface area contributed by atoms with Crippen LogP contribution in [0.2, 0.25) is 5.02 Å². The number of nitrogens with zero attached hydrogens (tertiary/aromatic N) is 1. The normalized spacial score (nSPS) is 13.8. The highest BCUT2D eigenvalue weighted by atomic mass is 35.5. The molecule has 0 aliphatic carbocycles. The van der Waals surface area contributed by atoms with Crippen molar-refractivity contribution in [2.75, 3.05) is 19.5 Å². The smallest absolute Gasteiger partial charge is 0.249 e. The number of halogens is 1. The van der Waals surface area contributed by atoms with Gasteiger partial charge in [0.25, 0.3) is 0 Å². The van der Waals surface area contributed by atoms with Crippen LogP contribution < -0.4 is 5.32 Å². The Balaban J connectivity index is 2.28. The number of carbonyl (C=O) groups is 3. The number of hydrogen-bond donors (Lipinski definition) is 7. The molecule has 7 N–H and O–H groups in total. The van der Waals surface area contributed by atoms with Crippen molar-refractivity contribution in [1.82, 2.24) is 4.90 Å². The number of ether oxygens (including phenoxy) is 1.